The Morgan fingerprint density at radius 3 is 2.55 bits per heavy atom. The number of carbonyl (C=O) groups is 2. The van der Waals surface area contributed by atoms with Crippen LogP contribution in [0.2, 0.25) is 0 Å². The Morgan fingerprint density at radius 2 is 2.00 bits per heavy atom. The summed E-state index contributed by atoms with van der Waals surface area (Å²) in [5, 5.41) is 4.97. The van der Waals surface area contributed by atoms with E-state index in [0.29, 0.717) is 11.3 Å². The van der Waals surface area contributed by atoms with Crippen LogP contribution in [-0.2, 0) is 16.1 Å². The molecule has 0 radical (unpaired) electrons. The second kappa shape index (κ2) is 8.33. The van der Waals surface area contributed by atoms with E-state index in [9.17, 15) is 14.0 Å². The molecule has 1 rings (SSSR count). The molecule has 6 nitrogen and oxygen atoms in total. The van der Waals surface area contributed by atoms with Crippen LogP contribution < -0.4 is 21.1 Å². The largest absolute Gasteiger partial charge is 0.497 e. The molecule has 0 fully saturated rings. The van der Waals surface area contributed by atoms with Gasteiger partial charge in [0.25, 0.3) is 0 Å². The molecule has 22 heavy (non-hydrogen) atoms. The van der Waals surface area contributed by atoms with Crippen molar-refractivity contribution in [3.05, 3.63) is 29.6 Å². The molecule has 2 amide bonds. The minimum atomic E-state index is -0.660. The van der Waals surface area contributed by atoms with E-state index in [1.165, 1.54) is 19.2 Å². The second-order valence-electron chi connectivity index (χ2n) is 5.22. The van der Waals surface area contributed by atoms with Gasteiger partial charge < -0.3 is 21.1 Å². The van der Waals surface area contributed by atoms with Crippen LogP contribution in [0.1, 0.15) is 19.4 Å². The minimum absolute atomic E-state index is 0.0172. The summed E-state index contributed by atoms with van der Waals surface area (Å²) in [6, 6.07) is 3.72. The Kier molecular flexibility index (Phi) is 6.78. The lowest BCUT2D eigenvalue weighted by atomic mass is 10.1. The van der Waals surface area contributed by atoms with Crippen molar-refractivity contribution in [2.24, 2.45) is 11.7 Å². The van der Waals surface area contributed by atoms with E-state index in [-0.39, 0.29) is 24.9 Å². The maximum absolute atomic E-state index is 13.7. The van der Waals surface area contributed by atoms with Gasteiger partial charge in [-0.25, -0.2) is 4.39 Å². The number of hydrogen-bond donors (Lipinski definition) is 3. The zero-order valence-corrected chi connectivity index (χ0v) is 13.0. The van der Waals surface area contributed by atoms with Gasteiger partial charge in [0, 0.05) is 18.2 Å². The van der Waals surface area contributed by atoms with E-state index in [1.807, 2.05) is 13.8 Å². The van der Waals surface area contributed by atoms with Crippen LogP contribution in [-0.4, -0.2) is 31.5 Å². The Labute approximate surface area is 129 Å². The molecule has 0 unspecified atom stereocenters. The van der Waals surface area contributed by atoms with Crippen molar-refractivity contribution in [1.82, 2.24) is 10.6 Å². The van der Waals surface area contributed by atoms with Crippen LogP contribution in [0.3, 0.4) is 0 Å². The molecule has 0 aliphatic heterocycles. The van der Waals surface area contributed by atoms with E-state index in [2.05, 4.69) is 10.6 Å². The first-order chi connectivity index (χ1) is 10.3. The second-order valence-corrected chi connectivity index (χ2v) is 5.22. The van der Waals surface area contributed by atoms with Crippen LogP contribution in [0.5, 0.6) is 5.75 Å². The van der Waals surface area contributed by atoms with Crippen LogP contribution in [0, 0.1) is 11.7 Å². The van der Waals surface area contributed by atoms with Gasteiger partial charge in [0.05, 0.1) is 19.7 Å². The first-order valence-electron chi connectivity index (χ1n) is 6.97. The summed E-state index contributed by atoms with van der Waals surface area (Å²) in [5.41, 5.74) is 5.99. The lowest BCUT2D eigenvalue weighted by Gasteiger charge is -2.15. The maximum atomic E-state index is 13.7. The van der Waals surface area contributed by atoms with E-state index in [0.717, 1.165) is 0 Å². The molecule has 0 saturated heterocycles. The fourth-order valence-electron chi connectivity index (χ4n) is 1.64. The molecule has 0 aliphatic rings. The molecular formula is C15H22FN3O3. The van der Waals surface area contributed by atoms with E-state index >= 15 is 0 Å². The molecule has 4 N–H and O–H groups in total. The molecule has 1 atom stereocenters. The van der Waals surface area contributed by atoms with Crippen molar-refractivity contribution in [3.8, 4) is 5.75 Å². The number of rotatable bonds is 7. The Morgan fingerprint density at radius 1 is 1.32 bits per heavy atom. The number of ether oxygens (including phenoxy) is 1. The predicted octanol–water partition coefficient (Wildman–Crippen LogP) is 0.550. The van der Waals surface area contributed by atoms with Crippen molar-refractivity contribution < 1.29 is 18.7 Å². The highest BCUT2D eigenvalue weighted by molar-refractivity contribution is 5.87. The average molecular weight is 311 g/mol. The fraction of sp³-hybridized carbons (Fsp3) is 0.467. The smallest absolute Gasteiger partial charge is 0.239 e. The molecule has 0 bridgehead atoms. The number of halogens is 1. The van der Waals surface area contributed by atoms with Crippen LogP contribution in [0.15, 0.2) is 18.2 Å². The molecule has 0 heterocycles. The van der Waals surface area contributed by atoms with E-state index < -0.39 is 17.8 Å². The van der Waals surface area contributed by atoms with Crippen molar-refractivity contribution in [1.29, 1.82) is 0 Å². The van der Waals surface area contributed by atoms with Crippen LogP contribution in [0.25, 0.3) is 0 Å². The first kappa shape index (κ1) is 17.9. The maximum Gasteiger partial charge on any atom is 0.239 e. The van der Waals surface area contributed by atoms with Gasteiger partial charge in [0.15, 0.2) is 0 Å². The molecule has 0 spiro atoms. The number of nitrogens with one attached hydrogen (secondary N) is 2. The standard InChI is InChI=1S/C15H22FN3O3/c1-9(2)14(17)15(21)19-8-13(20)18-7-10-4-5-11(22-3)6-12(10)16/h4-6,9,14H,7-8,17H2,1-3H3,(H,18,20)(H,19,21)/t14-/m0/s1. The van der Waals surface area contributed by atoms with Gasteiger partial charge in [-0.2, -0.15) is 0 Å². The summed E-state index contributed by atoms with van der Waals surface area (Å²) in [5.74, 6) is -0.884. The van der Waals surface area contributed by atoms with E-state index in [4.69, 9.17) is 10.5 Å². The summed E-state index contributed by atoms with van der Waals surface area (Å²) >= 11 is 0. The Balaban J connectivity index is 2.42. The summed E-state index contributed by atoms with van der Waals surface area (Å²) < 4.78 is 18.6. The Bertz CT molecular complexity index is 535. The van der Waals surface area contributed by atoms with Gasteiger partial charge in [-0.15, -0.1) is 0 Å². The molecule has 0 saturated carbocycles. The van der Waals surface area contributed by atoms with Crippen molar-refractivity contribution >= 4 is 11.8 Å². The highest BCUT2D eigenvalue weighted by Gasteiger charge is 2.17. The van der Waals surface area contributed by atoms with Crippen molar-refractivity contribution in [2.45, 2.75) is 26.4 Å². The lowest BCUT2D eigenvalue weighted by molar-refractivity contribution is -0.127. The Hall–Kier alpha value is -2.15. The monoisotopic (exact) mass is 311 g/mol. The molecule has 1 aromatic rings. The quantitative estimate of drug-likeness (QED) is 0.685. The molecule has 0 aliphatic carbocycles. The summed E-state index contributed by atoms with van der Waals surface area (Å²) in [4.78, 5) is 23.2. The third-order valence-corrected chi connectivity index (χ3v) is 3.18. The third-order valence-electron chi connectivity index (χ3n) is 3.18. The van der Waals surface area contributed by atoms with Crippen LogP contribution in [0.4, 0.5) is 4.39 Å². The summed E-state index contributed by atoms with van der Waals surface area (Å²) in [7, 11) is 1.45. The number of carbonyl (C=O) groups excluding carboxylic acids is 2. The molecule has 1 aromatic carbocycles. The molecule has 122 valence electrons. The van der Waals surface area contributed by atoms with Gasteiger partial charge in [-0.1, -0.05) is 19.9 Å². The van der Waals surface area contributed by atoms with Crippen LogP contribution >= 0.6 is 0 Å². The lowest BCUT2D eigenvalue weighted by Crippen LogP contribution is -2.47. The number of amides is 2. The highest BCUT2D eigenvalue weighted by atomic mass is 19.1. The highest BCUT2D eigenvalue weighted by Crippen LogP contribution is 2.15. The SMILES string of the molecule is COc1ccc(CNC(=O)CNC(=O)[C@@H](N)C(C)C)c(F)c1. The molecule has 7 heteroatoms. The summed E-state index contributed by atoms with van der Waals surface area (Å²) in [6.45, 7) is 3.46. The van der Waals surface area contributed by atoms with Gasteiger partial charge in [-0.3, -0.25) is 9.59 Å². The number of benzene rings is 1. The minimum Gasteiger partial charge on any atom is -0.497 e. The molecule has 0 aromatic heterocycles. The van der Waals surface area contributed by atoms with Crippen molar-refractivity contribution in [3.63, 3.8) is 0 Å². The number of nitrogens with two attached hydrogens (primary N) is 1. The average Bonchev–Trinajstić information content (AvgIpc) is 2.50. The number of hydrogen-bond acceptors (Lipinski definition) is 4. The van der Waals surface area contributed by atoms with Gasteiger partial charge in [0.1, 0.15) is 11.6 Å². The number of methoxy groups -OCH3 is 1. The van der Waals surface area contributed by atoms with Crippen molar-refractivity contribution in [2.75, 3.05) is 13.7 Å². The zero-order valence-electron chi connectivity index (χ0n) is 13.0. The molecular weight excluding hydrogens is 289 g/mol. The first-order valence-corrected chi connectivity index (χ1v) is 6.97. The van der Waals surface area contributed by atoms with Gasteiger partial charge in [0.2, 0.25) is 11.8 Å². The zero-order chi connectivity index (χ0) is 16.7. The predicted molar refractivity (Wildman–Crippen MR) is 80.6 cm³/mol. The van der Waals surface area contributed by atoms with Gasteiger partial charge in [-0.05, 0) is 12.0 Å². The van der Waals surface area contributed by atoms with E-state index in [1.54, 1.807) is 6.07 Å². The topological polar surface area (TPSA) is 93.5 Å². The van der Waals surface area contributed by atoms with Gasteiger partial charge >= 0.3 is 0 Å². The fourth-order valence-corrected chi connectivity index (χ4v) is 1.64. The normalized spacial score (nSPS) is 11.9. The third kappa shape index (κ3) is 5.33. The summed E-state index contributed by atoms with van der Waals surface area (Å²) in [6.07, 6.45) is 0.